The monoisotopic (exact) mass is 354 g/mol. The van der Waals surface area contributed by atoms with Crippen molar-refractivity contribution < 1.29 is 23.1 Å². The third-order valence-electron chi connectivity index (χ3n) is 3.91. The van der Waals surface area contributed by atoms with Crippen LogP contribution >= 0.6 is 0 Å². The molecule has 132 valence electrons. The summed E-state index contributed by atoms with van der Waals surface area (Å²) < 4.78 is 26.8. The van der Waals surface area contributed by atoms with Crippen LogP contribution in [0.15, 0.2) is 29.2 Å². The van der Waals surface area contributed by atoms with Crippen molar-refractivity contribution in [2.45, 2.75) is 50.1 Å². The molecule has 1 aliphatic rings. The largest absolute Gasteiger partial charge is 0.481 e. The van der Waals surface area contributed by atoms with Crippen LogP contribution in [0, 0.1) is 5.92 Å². The van der Waals surface area contributed by atoms with Crippen LogP contribution in [0.1, 0.15) is 43.5 Å². The quantitative estimate of drug-likeness (QED) is 0.714. The standard InChI is InChI=1S/C16H22N2O5S/c1-10(2)18-24(22,23)14-5-3-4-11(9-14)15(19)17-13-7-6-12(8-13)16(20)21/h3-5,9-10,12-13,18H,6-8H2,1-2H3,(H,17,19)(H,20,21)/t12-,13+/m1/s1. The van der Waals surface area contributed by atoms with Crippen LogP contribution in [0.4, 0.5) is 0 Å². The van der Waals surface area contributed by atoms with E-state index in [1.807, 2.05) is 0 Å². The molecular weight excluding hydrogens is 332 g/mol. The minimum absolute atomic E-state index is 0.0266. The number of benzene rings is 1. The van der Waals surface area contributed by atoms with E-state index in [4.69, 9.17) is 5.11 Å². The summed E-state index contributed by atoms with van der Waals surface area (Å²) in [5, 5.41) is 11.8. The molecule has 1 amide bonds. The lowest BCUT2D eigenvalue weighted by Gasteiger charge is -2.14. The van der Waals surface area contributed by atoms with Gasteiger partial charge in [-0.2, -0.15) is 0 Å². The van der Waals surface area contributed by atoms with E-state index in [0.717, 1.165) is 0 Å². The predicted octanol–water partition coefficient (Wildman–Crippen LogP) is 1.36. The third kappa shape index (κ3) is 4.55. The number of amides is 1. The van der Waals surface area contributed by atoms with Gasteiger partial charge < -0.3 is 10.4 Å². The average molecular weight is 354 g/mol. The Kier molecular flexibility index (Phi) is 5.61. The number of hydrogen-bond acceptors (Lipinski definition) is 4. The van der Waals surface area contributed by atoms with E-state index in [2.05, 4.69) is 10.0 Å². The Hall–Kier alpha value is -1.93. The second kappa shape index (κ2) is 7.31. The highest BCUT2D eigenvalue weighted by Gasteiger charge is 2.30. The van der Waals surface area contributed by atoms with Gasteiger partial charge in [-0.1, -0.05) is 6.07 Å². The van der Waals surface area contributed by atoms with Crippen molar-refractivity contribution in [3.8, 4) is 0 Å². The van der Waals surface area contributed by atoms with Gasteiger partial charge in [-0.25, -0.2) is 13.1 Å². The number of carboxylic acid groups (broad SMARTS) is 1. The Labute approximate surface area is 141 Å². The molecule has 1 aromatic rings. The van der Waals surface area contributed by atoms with Crippen LogP contribution < -0.4 is 10.0 Å². The summed E-state index contributed by atoms with van der Waals surface area (Å²) in [6.45, 7) is 3.43. The van der Waals surface area contributed by atoms with Crippen LogP contribution in [-0.4, -0.2) is 37.5 Å². The fourth-order valence-corrected chi connectivity index (χ4v) is 4.08. The normalized spacial score (nSPS) is 21.0. The van der Waals surface area contributed by atoms with E-state index in [1.165, 1.54) is 24.3 Å². The lowest BCUT2D eigenvalue weighted by molar-refractivity contribution is -0.141. The Morgan fingerprint density at radius 2 is 1.96 bits per heavy atom. The molecule has 0 aliphatic heterocycles. The van der Waals surface area contributed by atoms with Crippen LogP contribution in [0.3, 0.4) is 0 Å². The van der Waals surface area contributed by atoms with Gasteiger partial charge in [-0.05, 0) is 51.3 Å². The van der Waals surface area contributed by atoms with Gasteiger partial charge in [-0.15, -0.1) is 0 Å². The van der Waals surface area contributed by atoms with Crippen molar-refractivity contribution in [2.75, 3.05) is 0 Å². The molecule has 1 saturated carbocycles. The van der Waals surface area contributed by atoms with Crippen molar-refractivity contribution in [2.24, 2.45) is 5.92 Å². The Morgan fingerprint density at radius 1 is 1.25 bits per heavy atom. The van der Waals surface area contributed by atoms with E-state index in [0.29, 0.717) is 19.3 Å². The van der Waals surface area contributed by atoms with Gasteiger partial charge in [0.15, 0.2) is 0 Å². The van der Waals surface area contributed by atoms with Gasteiger partial charge in [-0.3, -0.25) is 9.59 Å². The lowest BCUT2D eigenvalue weighted by Crippen LogP contribution is -2.34. The molecule has 0 saturated heterocycles. The molecule has 8 heteroatoms. The van der Waals surface area contributed by atoms with Gasteiger partial charge in [0, 0.05) is 17.6 Å². The van der Waals surface area contributed by atoms with Crippen molar-refractivity contribution >= 4 is 21.9 Å². The molecule has 7 nitrogen and oxygen atoms in total. The zero-order chi connectivity index (χ0) is 17.9. The fourth-order valence-electron chi connectivity index (χ4n) is 2.79. The molecule has 0 radical (unpaired) electrons. The Morgan fingerprint density at radius 3 is 2.54 bits per heavy atom. The maximum atomic E-state index is 12.3. The minimum Gasteiger partial charge on any atom is -0.481 e. The van der Waals surface area contributed by atoms with Gasteiger partial charge in [0.05, 0.1) is 10.8 Å². The second-order valence-corrected chi connectivity index (χ2v) is 8.04. The summed E-state index contributed by atoms with van der Waals surface area (Å²) in [6.07, 6.45) is 1.54. The Bertz CT molecular complexity index is 730. The first kappa shape index (κ1) is 18.4. The number of carbonyl (C=O) groups is 2. The number of carboxylic acids is 1. The second-order valence-electron chi connectivity index (χ2n) is 6.32. The molecule has 0 heterocycles. The maximum Gasteiger partial charge on any atom is 0.306 e. The van der Waals surface area contributed by atoms with Crippen molar-refractivity contribution in [3.05, 3.63) is 29.8 Å². The van der Waals surface area contributed by atoms with Crippen LogP contribution in [0.25, 0.3) is 0 Å². The first-order valence-corrected chi connectivity index (χ1v) is 9.33. The number of aliphatic carboxylic acids is 1. The molecule has 0 unspecified atom stereocenters. The molecule has 1 aliphatic carbocycles. The Balaban J connectivity index is 2.09. The smallest absolute Gasteiger partial charge is 0.306 e. The fraction of sp³-hybridized carbons (Fsp3) is 0.500. The van der Waals surface area contributed by atoms with Crippen LogP contribution in [0.5, 0.6) is 0 Å². The zero-order valence-electron chi connectivity index (χ0n) is 13.7. The molecular formula is C16H22N2O5S. The van der Waals surface area contributed by atoms with Crippen molar-refractivity contribution in [1.82, 2.24) is 10.0 Å². The topological polar surface area (TPSA) is 113 Å². The van der Waals surface area contributed by atoms with Gasteiger partial charge in [0.2, 0.25) is 10.0 Å². The van der Waals surface area contributed by atoms with E-state index >= 15 is 0 Å². The number of carbonyl (C=O) groups excluding carboxylic acids is 1. The van der Waals surface area contributed by atoms with E-state index < -0.39 is 27.8 Å². The van der Waals surface area contributed by atoms with Crippen LogP contribution in [0.2, 0.25) is 0 Å². The summed E-state index contributed by atoms with van der Waals surface area (Å²) >= 11 is 0. The van der Waals surface area contributed by atoms with Crippen molar-refractivity contribution in [3.63, 3.8) is 0 Å². The zero-order valence-corrected chi connectivity index (χ0v) is 14.5. The number of hydrogen-bond donors (Lipinski definition) is 3. The molecule has 0 bridgehead atoms. The number of rotatable bonds is 6. The van der Waals surface area contributed by atoms with E-state index in [1.54, 1.807) is 13.8 Å². The molecule has 1 aromatic carbocycles. The highest BCUT2D eigenvalue weighted by atomic mass is 32.2. The molecule has 3 N–H and O–H groups in total. The molecule has 1 fully saturated rings. The van der Waals surface area contributed by atoms with Gasteiger partial charge in [0.1, 0.15) is 0 Å². The van der Waals surface area contributed by atoms with Gasteiger partial charge in [0.25, 0.3) is 5.91 Å². The van der Waals surface area contributed by atoms with E-state index in [9.17, 15) is 18.0 Å². The third-order valence-corrected chi connectivity index (χ3v) is 5.57. The molecule has 0 spiro atoms. The highest BCUT2D eigenvalue weighted by molar-refractivity contribution is 7.89. The number of nitrogens with one attached hydrogen (secondary N) is 2. The highest BCUT2D eigenvalue weighted by Crippen LogP contribution is 2.26. The molecule has 0 aromatic heterocycles. The predicted molar refractivity (Wildman–Crippen MR) is 88.1 cm³/mol. The maximum absolute atomic E-state index is 12.3. The first-order chi connectivity index (χ1) is 11.2. The lowest BCUT2D eigenvalue weighted by atomic mass is 10.1. The summed E-state index contributed by atoms with van der Waals surface area (Å²) in [4.78, 5) is 23.3. The summed E-state index contributed by atoms with van der Waals surface area (Å²) in [5.41, 5.74) is 0.236. The van der Waals surface area contributed by atoms with Gasteiger partial charge >= 0.3 is 5.97 Å². The van der Waals surface area contributed by atoms with Crippen LogP contribution in [-0.2, 0) is 14.8 Å². The van der Waals surface area contributed by atoms with Crippen molar-refractivity contribution in [1.29, 1.82) is 0 Å². The van der Waals surface area contributed by atoms with E-state index in [-0.39, 0.29) is 22.5 Å². The molecule has 24 heavy (non-hydrogen) atoms. The summed E-state index contributed by atoms with van der Waals surface area (Å²) in [7, 11) is -3.67. The SMILES string of the molecule is CC(C)NS(=O)(=O)c1cccc(C(=O)N[C@H]2CC[C@@H](C(=O)O)C2)c1. The number of sulfonamides is 1. The molecule has 2 atom stereocenters. The summed E-state index contributed by atoms with van der Waals surface area (Å²) in [5.74, 6) is -1.68. The average Bonchev–Trinajstić information content (AvgIpc) is 2.95. The first-order valence-electron chi connectivity index (χ1n) is 7.85. The minimum atomic E-state index is -3.67. The summed E-state index contributed by atoms with van der Waals surface area (Å²) in [6, 6.07) is 5.35. The molecule has 2 rings (SSSR count).